The monoisotopic (exact) mass is 299 g/mol. The van der Waals surface area contributed by atoms with Gasteiger partial charge in [0.15, 0.2) is 0 Å². The lowest BCUT2D eigenvalue weighted by Gasteiger charge is -2.29. The second kappa shape index (κ2) is 5.88. The van der Waals surface area contributed by atoms with Crippen molar-refractivity contribution in [2.45, 2.75) is 19.8 Å². The molecule has 2 rings (SSSR count). The van der Waals surface area contributed by atoms with Gasteiger partial charge in [-0.25, -0.2) is 0 Å². The van der Waals surface area contributed by atoms with Crippen molar-refractivity contribution in [2.24, 2.45) is 5.92 Å². The summed E-state index contributed by atoms with van der Waals surface area (Å²) in [5, 5.41) is 0. The van der Waals surface area contributed by atoms with E-state index < -0.39 is 10.2 Å². The average molecular weight is 299 g/mol. The fourth-order valence-electron chi connectivity index (χ4n) is 2.22. The first-order chi connectivity index (χ1) is 9.42. The molecule has 0 unspecified atom stereocenters. The van der Waals surface area contributed by atoms with Crippen LogP contribution in [0.1, 0.15) is 19.8 Å². The minimum atomic E-state index is -3.54. The van der Waals surface area contributed by atoms with Crippen LogP contribution in [-0.4, -0.2) is 32.9 Å². The fourth-order valence-corrected chi connectivity index (χ4v) is 3.49. The summed E-state index contributed by atoms with van der Waals surface area (Å²) in [6, 6.07) is 4.84. The van der Waals surface area contributed by atoms with Crippen molar-refractivity contribution < 1.29 is 13.2 Å². The summed E-state index contributed by atoms with van der Waals surface area (Å²) in [4.78, 5) is 0. The first-order valence-electron chi connectivity index (χ1n) is 6.64. The van der Waals surface area contributed by atoms with Crippen LogP contribution in [0.4, 0.5) is 11.4 Å². The number of ether oxygens (including phenoxy) is 1. The van der Waals surface area contributed by atoms with Gasteiger partial charge in [-0.3, -0.25) is 4.72 Å². The zero-order chi connectivity index (χ0) is 14.8. The van der Waals surface area contributed by atoms with E-state index in [1.807, 2.05) is 0 Å². The molecule has 1 aromatic rings. The van der Waals surface area contributed by atoms with Gasteiger partial charge < -0.3 is 10.5 Å². The lowest BCUT2D eigenvalue weighted by Crippen LogP contribution is -2.41. The zero-order valence-corrected chi connectivity index (χ0v) is 12.6. The van der Waals surface area contributed by atoms with Crippen molar-refractivity contribution in [3.05, 3.63) is 18.2 Å². The molecule has 7 heteroatoms. The van der Waals surface area contributed by atoms with Gasteiger partial charge in [0.25, 0.3) is 0 Å². The van der Waals surface area contributed by atoms with Crippen LogP contribution < -0.4 is 15.2 Å². The summed E-state index contributed by atoms with van der Waals surface area (Å²) in [7, 11) is -2.06. The standard InChI is InChI=1S/C13H21N3O3S/c1-10-5-7-16(8-6-10)20(17,18)15-12-4-3-11(14)9-13(12)19-2/h3-4,9-10,15H,5-8,14H2,1-2H3. The number of nitrogens with two attached hydrogens (primary N) is 1. The second-order valence-electron chi connectivity index (χ2n) is 5.15. The zero-order valence-electron chi connectivity index (χ0n) is 11.8. The van der Waals surface area contributed by atoms with Crippen LogP contribution in [0.5, 0.6) is 5.75 Å². The molecule has 0 radical (unpaired) electrons. The summed E-state index contributed by atoms with van der Waals surface area (Å²) >= 11 is 0. The first-order valence-corrected chi connectivity index (χ1v) is 8.08. The topological polar surface area (TPSA) is 84.7 Å². The molecule has 1 saturated heterocycles. The number of rotatable bonds is 4. The summed E-state index contributed by atoms with van der Waals surface area (Å²) in [5.74, 6) is 0.992. The Labute approximate surface area is 120 Å². The molecule has 1 fully saturated rings. The van der Waals surface area contributed by atoms with E-state index in [-0.39, 0.29) is 0 Å². The Balaban J connectivity index is 2.16. The molecule has 1 heterocycles. The van der Waals surface area contributed by atoms with Crippen molar-refractivity contribution in [3.8, 4) is 5.75 Å². The average Bonchev–Trinajstić information content (AvgIpc) is 2.41. The molecule has 1 aromatic carbocycles. The molecular formula is C13H21N3O3S. The minimum Gasteiger partial charge on any atom is -0.494 e. The van der Waals surface area contributed by atoms with Crippen LogP contribution in [0.25, 0.3) is 0 Å². The third kappa shape index (κ3) is 3.34. The molecule has 1 aliphatic heterocycles. The highest BCUT2D eigenvalue weighted by molar-refractivity contribution is 7.90. The number of nitrogens with one attached hydrogen (secondary N) is 1. The van der Waals surface area contributed by atoms with Crippen LogP contribution in [-0.2, 0) is 10.2 Å². The molecular weight excluding hydrogens is 278 g/mol. The fraction of sp³-hybridized carbons (Fsp3) is 0.538. The van der Waals surface area contributed by atoms with Gasteiger partial charge in [-0.15, -0.1) is 0 Å². The van der Waals surface area contributed by atoms with E-state index in [0.29, 0.717) is 36.1 Å². The Morgan fingerprint density at radius 2 is 2.00 bits per heavy atom. The maximum atomic E-state index is 12.3. The number of anilines is 2. The molecule has 1 aliphatic rings. The molecule has 0 atom stereocenters. The van der Waals surface area contributed by atoms with Gasteiger partial charge in [0.1, 0.15) is 5.75 Å². The predicted molar refractivity (Wildman–Crippen MR) is 79.9 cm³/mol. The largest absolute Gasteiger partial charge is 0.494 e. The Bertz CT molecular complexity index is 566. The van der Waals surface area contributed by atoms with Gasteiger partial charge in [0.05, 0.1) is 12.8 Å². The Hall–Kier alpha value is -1.47. The van der Waals surface area contributed by atoms with E-state index >= 15 is 0 Å². The Kier molecular flexibility index (Phi) is 4.39. The van der Waals surface area contributed by atoms with Gasteiger partial charge in [0, 0.05) is 24.8 Å². The molecule has 112 valence electrons. The van der Waals surface area contributed by atoms with Gasteiger partial charge in [-0.2, -0.15) is 12.7 Å². The van der Waals surface area contributed by atoms with Crippen molar-refractivity contribution in [1.82, 2.24) is 4.31 Å². The summed E-state index contributed by atoms with van der Waals surface area (Å²) in [6.45, 7) is 3.24. The Morgan fingerprint density at radius 1 is 1.35 bits per heavy atom. The maximum Gasteiger partial charge on any atom is 0.301 e. The van der Waals surface area contributed by atoms with Crippen LogP contribution in [0.3, 0.4) is 0 Å². The van der Waals surface area contributed by atoms with E-state index in [0.717, 1.165) is 12.8 Å². The lowest BCUT2D eigenvalue weighted by molar-refractivity contribution is 0.289. The summed E-state index contributed by atoms with van der Waals surface area (Å²) in [6.07, 6.45) is 1.78. The normalized spacial score (nSPS) is 17.9. The van der Waals surface area contributed by atoms with Crippen molar-refractivity contribution in [3.63, 3.8) is 0 Å². The number of benzene rings is 1. The van der Waals surface area contributed by atoms with E-state index in [1.165, 1.54) is 11.4 Å². The molecule has 20 heavy (non-hydrogen) atoms. The van der Waals surface area contributed by atoms with Crippen molar-refractivity contribution >= 4 is 21.6 Å². The molecule has 0 saturated carbocycles. The number of piperidine rings is 1. The highest BCUT2D eigenvalue weighted by Gasteiger charge is 2.27. The van der Waals surface area contributed by atoms with Crippen molar-refractivity contribution in [1.29, 1.82) is 0 Å². The molecule has 3 N–H and O–H groups in total. The van der Waals surface area contributed by atoms with Crippen LogP contribution >= 0.6 is 0 Å². The van der Waals surface area contributed by atoms with Crippen LogP contribution in [0.15, 0.2) is 18.2 Å². The van der Waals surface area contributed by atoms with E-state index in [1.54, 1.807) is 18.2 Å². The van der Waals surface area contributed by atoms with Gasteiger partial charge >= 0.3 is 10.2 Å². The molecule has 0 aromatic heterocycles. The van der Waals surface area contributed by atoms with Gasteiger partial charge in [-0.1, -0.05) is 6.92 Å². The third-order valence-electron chi connectivity index (χ3n) is 3.55. The first kappa shape index (κ1) is 14.9. The number of hydrogen-bond donors (Lipinski definition) is 2. The Morgan fingerprint density at radius 3 is 2.60 bits per heavy atom. The highest BCUT2D eigenvalue weighted by atomic mass is 32.2. The number of nitrogens with zero attached hydrogens (tertiary/aromatic N) is 1. The molecule has 0 amide bonds. The van der Waals surface area contributed by atoms with E-state index in [9.17, 15) is 8.42 Å². The van der Waals surface area contributed by atoms with Gasteiger partial charge in [0.2, 0.25) is 0 Å². The minimum absolute atomic E-state index is 0.403. The lowest BCUT2D eigenvalue weighted by atomic mass is 10.0. The summed E-state index contributed by atoms with van der Waals surface area (Å²) in [5.41, 5.74) is 6.58. The quantitative estimate of drug-likeness (QED) is 0.828. The number of nitrogen functional groups attached to an aromatic ring is 1. The molecule has 0 aliphatic carbocycles. The third-order valence-corrected chi connectivity index (χ3v) is 5.07. The number of hydrogen-bond acceptors (Lipinski definition) is 4. The van der Waals surface area contributed by atoms with Gasteiger partial charge in [-0.05, 0) is 30.9 Å². The predicted octanol–water partition coefficient (Wildman–Crippen LogP) is 1.67. The SMILES string of the molecule is COc1cc(N)ccc1NS(=O)(=O)N1CCC(C)CC1. The summed E-state index contributed by atoms with van der Waals surface area (Å²) < 4.78 is 33.9. The van der Waals surface area contributed by atoms with E-state index in [4.69, 9.17) is 10.5 Å². The maximum absolute atomic E-state index is 12.3. The van der Waals surface area contributed by atoms with Crippen LogP contribution in [0.2, 0.25) is 0 Å². The molecule has 0 bridgehead atoms. The smallest absolute Gasteiger partial charge is 0.301 e. The van der Waals surface area contributed by atoms with Crippen LogP contribution in [0, 0.1) is 5.92 Å². The molecule has 0 spiro atoms. The molecule has 6 nitrogen and oxygen atoms in total. The van der Waals surface area contributed by atoms with Crippen molar-refractivity contribution in [2.75, 3.05) is 30.7 Å². The number of methoxy groups -OCH3 is 1. The highest BCUT2D eigenvalue weighted by Crippen LogP contribution is 2.28. The second-order valence-corrected chi connectivity index (χ2v) is 6.82. The van der Waals surface area contributed by atoms with E-state index in [2.05, 4.69) is 11.6 Å².